The summed E-state index contributed by atoms with van der Waals surface area (Å²) in [4.78, 5) is 4.77. The van der Waals surface area contributed by atoms with Crippen molar-refractivity contribution in [2.75, 3.05) is 13.4 Å². The Hall–Kier alpha value is -2.86. The van der Waals surface area contributed by atoms with Gasteiger partial charge in [-0.25, -0.2) is 9.38 Å². The van der Waals surface area contributed by atoms with E-state index in [9.17, 15) is 4.39 Å². The first-order valence-electron chi connectivity index (χ1n) is 8.72. The monoisotopic (exact) mass is 361 g/mol. The topological polar surface area (TPSA) is 52.5 Å². The number of halogens is 1. The first-order chi connectivity index (χ1) is 13.1. The molecule has 0 atom stereocenters. The zero-order valence-electron chi connectivity index (χ0n) is 15.2. The molecule has 0 saturated carbocycles. The Morgan fingerprint density at radius 3 is 2.67 bits per heavy atom. The number of allylic oxidation sites excluding steroid dienone is 3. The number of nitrogens with two attached hydrogens (primary N) is 1. The van der Waals surface area contributed by atoms with Crippen LogP contribution in [0.25, 0.3) is 11.6 Å². The van der Waals surface area contributed by atoms with E-state index in [1.54, 1.807) is 22.8 Å². The van der Waals surface area contributed by atoms with Crippen molar-refractivity contribution in [1.82, 2.24) is 4.48 Å². The van der Waals surface area contributed by atoms with Gasteiger partial charge in [0.05, 0.1) is 11.4 Å². The third-order valence-electron chi connectivity index (χ3n) is 4.29. The van der Waals surface area contributed by atoms with Crippen LogP contribution in [-0.4, -0.2) is 31.6 Å². The molecule has 0 aliphatic carbocycles. The van der Waals surface area contributed by atoms with Crippen LogP contribution in [0.3, 0.4) is 0 Å². The average Bonchev–Trinajstić information content (AvgIpc) is 3.25. The van der Waals surface area contributed by atoms with Crippen LogP contribution in [0.15, 0.2) is 71.0 Å². The van der Waals surface area contributed by atoms with Crippen molar-refractivity contribution in [3.8, 4) is 5.75 Å². The first-order valence-corrected chi connectivity index (χ1v) is 8.72. The van der Waals surface area contributed by atoms with Gasteiger partial charge in [0.25, 0.3) is 0 Å². The highest BCUT2D eigenvalue weighted by atomic mass is 19.1. The van der Waals surface area contributed by atoms with Gasteiger partial charge in [-0.3, -0.25) is 0 Å². The summed E-state index contributed by atoms with van der Waals surface area (Å²) in [6.07, 6.45) is 8.44. The average molecular weight is 361 g/mol. The van der Waals surface area contributed by atoms with Gasteiger partial charge >= 0.3 is 0 Å². The molecule has 2 radical (unpaired) electrons. The SMILES string of the molecule is [B]n1cccc1/C(CCN)=C1N=C(/C=C/c2ccc(OCF)cc2)C=C\1C. The molecule has 1 aromatic carbocycles. The van der Waals surface area contributed by atoms with E-state index in [1.165, 1.54) is 0 Å². The smallest absolute Gasteiger partial charge is 0.234 e. The van der Waals surface area contributed by atoms with Gasteiger partial charge in [-0.15, -0.1) is 0 Å². The summed E-state index contributed by atoms with van der Waals surface area (Å²) in [5, 5.41) is 0. The number of aromatic nitrogens is 1. The Morgan fingerprint density at radius 2 is 2.04 bits per heavy atom. The molecule has 3 rings (SSSR count). The van der Waals surface area contributed by atoms with Gasteiger partial charge in [-0.1, -0.05) is 18.2 Å². The lowest BCUT2D eigenvalue weighted by Gasteiger charge is -2.11. The van der Waals surface area contributed by atoms with E-state index in [-0.39, 0.29) is 0 Å². The summed E-state index contributed by atoms with van der Waals surface area (Å²) in [5.41, 5.74) is 11.6. The molecule has 2 heterocycles. The first kappa shape index (κ1) is 18.9. The Morgan fingerprint density at radius 1 is 1.26 bits per heavy atom. The normalized spacial score (nSPS) is 15.8. The largest absolute Gasteiger partial charge is 0.463 e. The van der Waals surface area contributed by atoms with E-state index in [0.717, 1.165) is 33.8 Å². The zero-order valence-corrected chi connectivity index (χ0v) is 15.2. The third-order valence-corrected chi connectivity index (χ3v) is 4.29. The van der Waals surface area contributed by atoms with Crippen LogP contribution in [0, 0.1) is 0 Å². The number of ether oxygens (including phenoxy) is 1. The molecule has 4 nitrogen and oxygen atoms in total. The summed E-state index contributed by atoms with van der Waals surface area (Å²) in [6, 6.07) is 11.1. The second kappa shape index (κ2) is 8.69. The van der Waals surface area contributed by atoms with Gasteiger partial charge in [-0.05, 0) is 73.6 Å². The maximum Gasteiger partial charge on any atom is 0.234 e. The van der Waals surface area contributed by atoms with Gasteiger partial charge in [0, 0.05) is 11.3 Å². The van der Waals surface area contributed by atoms with Gasteiger partial charge < -0.3 is 14.9 Å². The second-order valence-corrected chi connectivity index (χ2v) is 6.19. The summed E-state index contributed by atoms with van der Waals surface area (Å²) in [7, 11) is 6.01. The van der Waals surface area contributed by atoms with E-state index in [0.29, 0.717) is 18.7 Å². The van der Waals surface area contributed by atoms with E-state index >= 15 is 0 Å². The summed E-state index contributed by atoms with van der Waals surface area (Å²) in [6.45, 7) is 1.72. The third kappa shape index (κ3) is 4.46. The number of alkyl halides is 1. The fourth-order valence-corrected chi connectivity index (χ4v) is 3.01. The Kier molecular flexibility index (Phi) is 6.09. The van der Waals surface area contributed by atoms with E-state index in [4.69, 9.17) is 23.4 Å². The highest BCUT2D eigenvalue weighted by Gasteiger charge is 2.16. The molecule has 27 heavy (non-hydrogen) atoms. The Bertz CT molecular complexity index is 923. The van der Waals surface area contributed by atoms with Gasteiger partial charge in [0.2, 0.25) is 14.8 Å². The number of nitrogens with zero attached hydrogens (tertiary/aromatic N) is 2. The molecule has 2 N–H and O–H groups in total. The molecule has 1 aliphatic rings. The number of benzene rings is 1. The van der Waals surface area contributed by atoms with Crippen molar-refractivity contribution >= 4 is 25.3 Å². The molecule has 0 spiro atoms. The molecule has 6 heteroatoms. The van der Waals surface area contributed by atoms with Gasteiger partial charge in [0.1, 0.15) is 5.75 Å². The summed E-state index contributed by atoms with van der Waals surface area (Å²) < 4.78 is 18.6. The highest BCUT2D eigenvalue weighted by molar-refractivity contribution is 6.11. The number of rotatable bonds is 7. The van der Waals surface area contributed by atoms with E-state index in [1.807, 2.05) is 49.4 Å². The van der Waals surface area contributed by atoms with Gasteiger partial charge in [-0.2, -0.15) is 0 Å². The molecule has 0 fully saturated rings. The molecule has 1 aliphatic heterocycles. The van der Waals surface area contributed by atoms with E-state index in [2.05, 4.69) is 0 Å². The molecular weight excluding hydrogens is 340 g/mol. The van der Waals surface area contributed by atoms with Crippen molar-refractivity contribution in [3.05, 3.63) is 77.3 Å². The minimum atomic E-state index is -0.831. The van der Waals surface area contributed by atoms with Crippen molar-refractivity contribution in [2.45, 2.75) is 13.3 Å². The van der Waals surface area contributed by atoms with Crippen LogP contribution in [0.2, 0.25) is 0 Å². The van der Waals surface area contributed by atoms with Crippen molar-refractivity contribution in [1.29, 1.82) is 0 Å². The second-order valence-electron chi connectivity index (χ2n) is 6.19. The van der Waals surface area contributed by atoms with Crippen LogP contribution in [0.4, 0.5) is 4.39 Å². The standard InChI is InChI=1S/C21H21BFN3O/c1-15-13-17(7-4-16-5-8-18(9-6-16)27-14-23)25-21(15)19(10-11-24)20-3-2-12-26(20)22/h2-9,12-13H,10-11,14,24H2,1H3/b7-4+,21-19-. The minimum absolute atomic E-state index is 0.505. The van der Waals surface area contributed by atoms with Crippen molar-refractivity contribution in [2.24, 2.45) is 10.7 Å². The lowest BCUT2D eigenvalue weighted by Crippen LogP contribution is -2.05. The molecule has 0 amide bonds. The lowest BCUT2D eigenvalue weighted by atomic mass is 10.0. The van der Waals surface area contributed by atoms with Crippen LogP contribution < -0.4 is 10.5 Å². The molecule has 0 bridgehead atoms. The quantitative estimate of drug-likeness (QED) is 0.761. The molecule has 2 aromatic rings. The predicted molar refractivity (Wildman–Crippen MR) is 109 cm³/mol. The number of aliphatic imine (C=N–C) groups is 1. The summed E-state index contributed by atoms with van der Waals surface area (Å²) in [5.74, 6) is 0.505. The molecule has 1 aromatic heterocycles. The van der Waals surface area contributed by atoms with Gasteiger partial charge in [0.15, 0.2) is 0 Å². The zero-order chi connectivity index (χ0) is 19.2. The molecule has 0 unspecified atom stereocenters. The maximum absolute atomic E-state index is 12.2. The highest BCUT2D eigenvalue weighted by Crippen LogP contribution is 2.31. The van der Waals surface area contributed by atoms with Crippen LogP contribution in [0.5, 0.6) is 5.75 Å². The molecular formula is C21H21BFN3O. The molecule has 0 saturated heterocycles. The van der Waals surface area contributed by atoms with Crippen molar-refractivity contribution < 1.29 is 9.13 Å². The molecule has 136 valence electrons. The Labute approximate surface area is 160 Å². The fraction of sp³-hybridized carbons (Fsp3) is 0.190. The minimum Gasteiger partial charge on any atom is -0.463 e. The maximum atomic E-state index is 12.2. The Balaban J connectivity index is 1.86. The van der Waals surface area contributed by atoms with Crippen molar-refractivity contribution in [3.63, 3.8) is 0 Å². The summed E-state index contributed by atoms with van der Waals surface area (Å²) >= 11 is 0. The lowest BCUT2D eigenvalue weighted by molar-refractivity contribution is 0.192. The van der Waals surface area contributed by atoms with E-state index < -0.39 is 6.86 Å². The number of hydrogen-bond donors (Lipinski definition) is 1. The van der Waals surface area contributed by atoms with Crippen LogP contribution in [-0.2, 0) is 0 Å². The van der Waals surface area contributed by atoms with Crippen LogP contribution in [0.1, 0.15) is 24.6 Å². The van der Waals surface area contributed by atoms with Crippen LogP contribution >= 0.6 is 0 Å². The number of hydrogen-bond acceptors (Lipinski definition) is 3. The fourth-order valence-electron chi connectivity index (χ4n) is 3.01. The predicted octanol–water partition coefficient (Wildman–Crippen LogP) is 3.90.